The van der Waals surface area contributed by atoms with Crippen LogP contribution in [-0.2, 0) is 5.75 Å². The predicted octanol–water partition coefficient (Wildman–Crippen LogP) is 3.33. The van der Waals surface area contributed by atoms with Gasteiger partial charge in [-0.3, -0.25) is 19.3 Å². The lowest BCUT2D eigenvalue weighted by Crippen LogP contribution is -2.22. The van der Waals surface area contributed by atoms with Crippen LogP contribution in [0.5, 0.6) is 0 Å². The zero-order valence-corrected chi connectivity index (χ0v) is 18.1. The van der Waals surface area contributed by atoms with Crippen LogP contribution in [0.15, 0.2) is 69.5 Å². The van der Waals surface area contributed by atoms with Crippen molar-refractivity contribution in [3.05, 3.63) is 98.1 Å². The molecule has 0 bridgehead atoms. The van der Waals surface area contributed by atoms with E-state index in [4.69, 9.17) is 0 Å². The molecule has 2 aromatic carbocycles. The number of aromatic amines is 1. The average molecular weight is 458 g/mol. The number of nitriles is 1. The van der Waals surface area contributed by atoms with E-state index >= 15 is 0 Å². The van der Waals surface area contributed by atoms with E-state index in [1.54, 1.807) is 43.3 Å². The van der Waals surface area contributed by atoms with Gasteiger partial charge in [0.1, 0.15) is 17.4 Å². The number of para-hydroxylation sites is 1. The number of hydrogen-bond acceptors (Lipinski definition) is 6. The molecule has 162 valence electrons. The lowest BCUT2D eigenvalue weighted by Gasteiger charge is -2.13. The molecule has 8 nitrogen and oxygen atoms in total. The first-order valence-electron chi connectivity index (χ1n) is 9.87. The normalized spacial score (nSPS) is 11.2. The highest BCUT2D eigenvalue weighted by Gasteiger charge is 2.16. The van der Waals surface area contributed by atoms with E-state index in [0.29, 0.717) is 33.0 Å². The minimum atomic E-state index is -0.430. The summed E-state index contributed by atoms with van der Waals surface area (Å²) in [7, 11) is 0. The molecule has 0 fully saturated rings. The molecular formula is C23H15FN6O2S. The van der Waals surface area contributed by atoms with Gasteiger partial charge in [-0.1, -0.05) is 30.0 Å². The largest absolute Gasteiger partial charge is 0.295 e. The molecule has 0 saturated carbocycles. The van der Waals surface area contributed by atoms with Crippen molar-refractivity contribution < 1.29 is 4.39 Å². The molecule has 0 amide bonds. The molecular weight excluding hydrogens is 443 g/mol. The number of halogens is 1. The number of aryl methyl sites for hydroxylation is 1. The van der Waals surface area contributed by atoms with Crippen molar-refractivity contribution in [2.24, 2.45) is 0 Å². The molecule has 5 aromatic rings. The smallest absolute Gasteiger partial charge is 0.272 e. The van der Waals surface area contributed by atoms with Crippen LogP contribution in [0.4, 0.5) is 4.39 Å². The number of nitrogens with zero attached hydrogens (tertiary/aromatic N) is 5. The number of hydrogen-bond donors (Lipinski definition) is 1. The van der Waals surface area contributed by atoms with Gasteiger partial charge in [-0.2, -0.15) is 5.26 Å². The third-order valence-corrected chi connectivity index (χ3v) is 6.15. The zero-order valence-electron chi connectivity index (χ0n) is 17.2. The fourth-order valence-electron chi connectivity index (χ4n) is 3.48. The second kappa shape index (κ2) is 8.03. The Balaban J connectivity index is 1.63. The van der Waals surface area contributed by atoms with Gasteiger partial charge in [0.25, 0.3) is 11.1 Å². The summed E-state index contributed by atoms with van der Waals surface area (Å²) < 4.78 is 16.9. The summed E-state index contributed by atoms with van der Waals surface area (Å²) in [6.07, 6.45) is 1.41. The third kappa shape index (κ3) is 3.58. The van der Waals surface area contributed by atoms with E-state index in [1.165, 1.54) is 39.2 Å². The molecule has 0 radical (unpaired) electrons. The Morgan fingerprint density at radius 1 is 1.15 bits per heavy atom. The van der Waals surface area contributed by atoms with Gasteiger partial charge in [0.2, 0.25) is 0 Å². The summed E-state index contributed by atoms with van der Waals surface area (Å²) in [5.74, 6) is -0.221. The fraction of sp³-hybridized carbons (Fsp3) is 0.0870. The van der Waals surface area contributed by atoms with Crippen molar-refractivity contribution in [2.45, 2.75) is 17.8 Å². The Labute approximate surface area is 190 Å². The Morgan fingerprint density at radius 2 is 1.97 bits per heavy atom. The fourth-order valence-corrected chi connectivity index (χ4v) is 4.39. The van der Waals surface area contributed by atoms with Crippen LogP contribution in [-0.4, -0.2) is 24.1 Å². The van der Waals surface area contributed by atoms with Gasteiger partial charge in [0.15, 0.2) is 10.8 Å². The standard InChI is InChI=1S/C23H15FN6O2S/c1-13-6-7-16(9-18(13)24)29-22(32)17-4-2-3-5-19(17)28-23(29)33-12-15-8-20(31)30-21(27-15)14(10-25)11-26-30/h2-9,11,26H,12H2,1H3. The van der Waals surface area contributed by atoms with Crippen molar-refractivity contribution in [1.29, 1.82) is 5.26 Å². The maximum atomic E-state index is 14.3. The molecule has 5 rings (SSSR count). The van der Waals surface area contributed by atoms with Crippen LogP contribution >= 0.6 is 11.8 Å². The molecule has 33 heavy (non-hydrogen) atoms. The molecule has 0 atom stereocenters. The van der Waals surface area contributed by atoms with Gasteiger partial charge < -0.3 is 0 Å². The van der Waals surface area contributed by atoms with Crippen LogP contribution < -0.4 is 11.1 Å². The van der Waals surface area contributed by atoms with E-state index in [1.807, 2.05) is 6.07 Å². The van der Waals surface area contributed by atoms with E-state index in [2.05, 4.69) is 15.1 Å². The van der Waals surface area contributed by atoms with Gasteiger partial charge in [0, 0.05) is 18.0 Å². The number of thioether (sulfide) groups is 1. The number of aromatic nitrogens is 5. The molecule has 1 N–H and O–H groups in total. The summed E-state index contributed by atoms with van der Waals surface area (Å²) in [6.45, 7) is 1.65. The summed E-state index contributed by atoms with van der Waals surface area (Å²) >= 11 is 1.19. The van der Waals surface area contributed by atoms with Crippen LogP contribution in [0.3, 0.4) is 0 Å². The van der Waals surface area contributed by atoms with Gasteiger partial charge in [-0.25, -0.2) is 18.9 Å². The number of rotatable bonds is 4. The number of fused-ring (bicyclic) bond motifs is 2. The lowest BCUT2D eigenvalue weighted by atomic mass is 10.2. The highest BCUT2D eigenvalue weighted by molar-refractivity contribution is 7.98. The molecule has 3 heterocycles. The minimum Gasteiger partial charge on any atom is -0.295 e. The molecule has 0 aliphatic heterocycles. The zero-order chi connectivity index (χ0) is 23.1. The van der Waals surface area contributed by atoms with Crippen LogP contribution in [0, 0.1) is 24.1 Å². The highest BCUT2D eigenvalue weighted by Crippen LogP contribution is 2.25. The summed E-state index contributed by atoms with van der Waals surface area (Å²) in [6, 6.07) is 14.8. The lowest BCUT2D eigenvalue weighted by molar-refractivity contribution is 0.615. The minimum absolute atomic E-state index is 0.209. The molecule has 3 aromatic heterocycles. The Hall–Kier alpha value is -4.23. The summed E-state index contributed by atoms with van der Waals surface area (Å²) in [4.78, 5) is 34.7. The maximum Gasteiger partial charge on any atom is 0.272 e. The van der Waals surface area contributed by atoms with Gasteiger partial charge in [-0.05, 0) is 36.8 Å². The second-order valence-electron chi connectivity index (χ2n) is 7.32. The number of H-pyrrole nitrogens is 1. The number of benzene rings is 2. The SMILES string of the molecule is Cc1ccc(-n2c(SCc3cc(=O)n4[nH]cc(C#N)c4n3)nc3ccccc3c2=O)cc1F. The Morgan fingerprint density at radius 3 is 2.76 bits per heavy atom. The summed E-state index contributed by atoms with van der Waals surface area (Å²) in [5.41, 5.74) is 1.53. The van der Waals surface area contributed by atoms with Gasteiger partial charge in [0.05, 0.1) is 22.3 Å². The van der Waals surface area contributed by atoms with Gasteiger partial charge in [-0.15, -0.1) is 0 Å². The van der Waals surface area contributed by atoms with Crippen molar-refractivity contribution in [3.63, 3.8) is 0 Å². The van der Waals surface area contributed by atoms with Crippen molar-refractivity contribution in [1.82, 2.24) is 24.1 Å². The Kier molecular flexibility index (Phi) is 5.03. The third-order valence-electron chi connectivity index (χ3n) is 5.18. The molecule has 10 heteroatoms. The van der Waals surface area contributed by atoms with Gasteiger partial charge >= 0.3 is 0 Å². The van der Waals surface area contributed by atoms with E-state index in [-0.39, 0.29) is 28.1 Å². The summed E-state index contributed by atoms with van der Waals surface area (Å²) in [5, 5.41) is 12.7. The van der Waals surface area contributed by atoms with Crippen molar-refractivity contribution >= 4 is 28.3 Å². The number of nitrogens with one attached hydrogen (secondary N) is 1. The van der Waals surface area contributed by atoms with Crippen molar-refractivity contribution in [2.75, 3.05) is 0 Å². The van der Waals surface area contributed by atoms with Crippen LogP contribution in [0.2, 0.25) is 0 Å². The second-order valence-corrected chi connectivity index (χ2v) is 8.26. The maximum absolute atomic E-state index is 14.3. The van der Waals surface area contributed by atoms with Crippen molar-refractivity contribution in [3.8, 4) is 11.8 Å². The Bertz CT molecular complexity index is 1710. The molecule has 0 aliphatic carbocycles. The first kappa shape index (κ1) is 20.7. The first-order chi connectivity index (χ1) is 16.0. The molecule has 0 saturated heterocycles. The van der Waals surface area contributed by atoms with Crippen LogP contribution in [0.25, 0.3) is 22.2 Å². The average Bonchev–Trinajstić information content (AvgIpc) is 3.23. The van der Waals surface area contributed by atoms with E-state index in [9.17, 15) is 19.2 Å². The molecule has 0 aliphatic rings. The highest BCUT2D eigenvalue weighted by atomic mass is 32.2. The quantitative estimate of drug-likeness (QED) is 0.327. The molecule has 0 spiro atoms. The predicted molar refractivity (Wildman–Crippen MR) is 122 cm³/mol. The van der Waals surface area contributed by atoms with E-state index in [0.717, 1.165) is 0 Å². The van der Waals surface area contributed by atoms with E-state index < -0.39 is 5.82 Å². The monoisotopic (exact) mass is 458 g/mol. The van der Waals surface area contributed by atoms with Crippen LogP contribution in [0.1, 0.15) is 16.8 Å². The molecule has 0 unspecified atom stereocenters. The topological polar surface area (TPSA) is 109 Å². The first-order valence-corrected chi connectivity index (χ1v) is 10.9.